The Hall–Kier alpha value is -3.42. The van der Waals surface area contributed by atoms with E-state index in [-0.39, 0.29) is 11.5 Å². The molecule has 0 heterocycles. The molecule has 1 atom stereocenters. The van der Waals surface area contributed by atoms with Crippen molar-refractivity contribution in [2.45, 2.75) is 44.6 Å². The summed E-state index contributed by atoms with van der Waals surface area (Å²) < 4.78 is 5.32. The Kier molecular flexibility index (Phi) is 6.58. The van der Waals surface area contributed by atoms with Crippen LogP contribution >= 0.6 is 0 Å². The van der Waals surface area contributed by atoms with Crippen LogP contribution in [0.2, 0.25) is 0 Å². The number of carbonyl (C=O) groups is 2. The molecule has 0 aliphatic heterocycles. The van der Waals surface area contributed by atoms with Gasteiger partial charge in [0.15, 0.2) is 0 Å². The van der Waals surface area contributed by atoms with Crippen LogP contribution in [0, 0.1) is 16.0 Å². The van der Waals surface area contributed by atoms with E-state index in [1.807, 2.05) is 0 Å². The van der Waals surface area contributed by atoms with Crippen LogP contribution in [0.4, 0.5) is 5.69 Å². The summed E-state index contributed by atoms with van der Waals surface area (Å²) >= 11 is 0. The second kappa shape index (κ2) is 9.16. The number of amides is 1. The SMILES string of the molecule is COc1ccccc1-c1ccc(C(=O)N[C@](C)(C(=O)O)C2CCCCC2)c([N+](=O)[O-])c1. The summed E-state index contributed by atoms with van der Waals surface area (Å²) in [6, 6.07) is 11.3. The molecule has 31 heavy (non-hydrogen) atoms. The lowest BCUT2D eigenvalue weighted by Gasteiger charge is -2.37. The predicted octanol–water partition coefficient (Wildman–Crippen LogP) is 4.42. The number of nitro benzene ring substituents is 1. The lowest BCUT2D eigenvalue weighted by Crippen LogP contribution is -2.57. The molecule has 1 saturated carbocycles. The quantitative estimate of drug-likeness (QED) is 0.500. The molecular weight excluding hydrogens is 400 g/mol. The third-order valence-corrected chi connectivity index (χ3v) is 6.10. The normalized spacial score (nSPS) is 16.2. The first-order chi connectivity index (χ1) is 14.8. The molecule has 8 nitrogen and oxygen atoms in total. The van der Waals surface area contributed by atoms with E-state index >= 15 is 0 Å². The molecule has 2 aromatic carbocycles. The van der Waals surface area contributed by atoms with E-state index in [4.69, 9.17) is 4.74 Å². The fourth-order valence-corrected chi connectivity index (χ4v) is 4.24. The molecule has 2 N–H and O–H groups in total. The van der Waals surface area contributed by atoms with Gasteiger partial charge in [0.05, 0.1) is 12.0 Å². The molecule has 1 aliphatic carbocycles. The molecule has 1 aliphatic rings. The van der Waals surface area contributed by atoms with Gasteiger partial charge in [0, 0.05) is 11.6 Å². The molecule has 2 aromatic rings. The van der Waals surface area contributed by atoms with E-state index in [1.165, 1.54) is 26.2 Å². The van der Waals surface area contributed by atoms with Gasteiger partial charge in [-0.3, -0.25) is 14.9 Å². The van der Waals surface area contributed by atoms with E-state index in [2.05, 4.69) is 5.32 Å². The Morgan fingerprint density at radius 1 is 1.16 bits per heavy atom. The van der Waals surface area contributed by atoms with Gasteiger partial charge in [-0.1, -0.05) is 43.5 Å². The van der Waals surface area contributed by atoms with Crippen LogP contribution in [0.15, 0.2) is 42.5 Å². The number of carboxylic acids is 1. The standard InChI is InChI=1S/C23H26N2O6/c1-23(22(27)28,16-8-4-3-5-9-16)24-21(26)18-13-12-15(14-19(18)25(29)30)17-10-6-7-11-20(17)31-2/h6-7,10-14,16H,3-5,8-9H2,1-2H3,(H,24,26)(H,27,28)/t23-/m0/s1. The number of hydrogen-bond acceptors (Lipinski definition) is 5. The van der Waals surface area contributed by atoms with E-state index in [1.54, 1.807) is 30.3 Å². The number of nitro groups is 1. The third-order valence-electron chi connectivity index (χ3n) is 6.10. The zero-order valence-electron chi connectivity index (χ0n) is 17.6. The average Bonchev–Trinajstić information content (AvgIpc) is 2.78. The van der Waals surface area contributed by atoms with Gasteiger partial charge in [-0.25, -0.2) is 4.79 Å². The molecule has 0 bridgehead atoms. The van der Waals surface area contributed by atoms with E-state index in [0.29, 0.717) is 29.7 Å². The van der Waals surface area contributed by atoms with Crippen LogP contribution in [-0.4, -0.2) is 34.6 Å². The molecule has 1 fully saturated rings. The van der Waals surface area contributed by atoms with Crippen LogP contribution in [-0.2, 0) is 4.79 Å². The van der Waals surface area contributed by atoms with Crippen LogP contribution in [0.3, 0.4) is 0 Å². The minimum atomic E-state index is -1.49. The summed E-state index contributed by atoms with van der Waals surface area (Å²) in [7, 11) is 1.51. The summed E-state index contributed by atoms with van der Waals surface area (Å²) in [5.74, 6) is -1.59. The van der Waals surface area contributed by atoms with Crippen LogP contribution < -0.4 is 10.1 Å². The lowest BCUT2D eigenvalue weighted by molar-refractivity contribution is -0.385. The van der Waals surface area contributed by atoms with Gasteiger partial charge in [0.25, 0.3) is 11.6 Å². The highest BCUT2D eigenvalue weighted by molar-refractivity contribution is 6.01. The maximum atomic E-state index is 13.0. The van der Waals surface area contributed by atoms with Gasteiger partial charge < -0.3 is 15.2 Å². The van der Waals surface area contributed by atoms with Crippen molar-refractivity contribution in [2.24, 2.45) is 5.92 Å². The number of methoxy groups -OCH3 is 1. The summed E-state index contributed by atoms with van der Waals surface area (Å²) in [6.07, 6.45) is 4.22. The molecule has 0 radical (unpaired) electrons. The first kappa shape index (κ1) is 22.3. The number of nitrogens with one attached hydrogen (secondary N) is 1. The Morgan fingerprint density at radius 2 is 1.84 bits per heavy atom. The van der Waals surface area contributed by atoms with Crippen molar-refractivity contribution in [2.75, 3.05) is 7.11 Å². The largest absolute Gasteiger partial charge is 0.496 e. The number of para-hydroxylation sites is 1. The van der Waals surface area contributed by atoms with Gasteiger partial charge in [-0.2, -0.15) is 0 Å². The molecule has 0 aromatic heterocycles. The van der Waals surface area contributed by atoms with Crippen molar-refractivity contribution in [3.8, 4) is 16.9 Å². The second-order valence-corrected chi connectivity index (χ2v) is 7.99. The summed E-state index contributed by atoms with van der Waals surface area (Å²) in [5, 5.41) is 24.2. The van der Waals surface area contributed by atoms with E-state index < -0.39 is 28.0 Å². The topological polar surface area (TPSA) is 119 Å². The molecule has 8 heteroatoms. The molecule has 1 amide bonds. The monoisotopic (exact) mass is 426 g/mol. The van der Waals surface area contributed by atoms with Crippen molar-refractivity contribution in [3.63, 3.8) is 0 Å². The smallest absolute Gasteiger partial charge is 0.329 e. The predicted molar refractivity (Wildman–Crippen MR) is 115 cm³/mol. The number of ether oxygens (including phenoxy) is 1. The number of carboxylic acid groups (broad SMARTS) is 1. The Bertz CT molecular complexity index is 999. The number of rotatable bonds is 7. The minimum absolute atomic E-state index is 0.174. The van der Waals surface area contributed by atoms with Crippen molar-refractivity contribution >= 4 is 17.6 Å². The van der Waals surface area contributed by atoms with Gasteiger partial charge in [0.1, 0.15) is 16.9 Å². The number of benzene rings is 2. The first-order valence-corrected chi connectivity index (χ1v) is 10.3. The molecule has 0 spiro atoms. The van der Waals surface area contributed by atoms with E-state index in [9.17, 15) is 24.8 Å². The van der Waals surface area contributed by atoms with Crippen LogP contribution in [0.5, 0.6) is 5.75 Å². The maximum absolute atomic E-state index is 13.0. The van der Waals surface area contributed by atoms with Crippen molar-refractivity contribution in [1.29, 1.82) is 0 Å². The summed E-state index contributed by atoms with van der Waals surface area (Å²) in [5.41, 5.74) is -0.886. The van der Waals surface area contributed by atoms with Gasteiger partial charge in [0.2, 0.25) is 0 Å². The minimum Gasteiger partial charge on any atom is -0.496 e. The third kappa shape index (κ3) is 4.52. The van der Waals surface area contributed by atoms with Gasteiger partial charge in [-0.15, -0.1) is 0 Å². The average molecular weight is 426 g/mol. The fourth-order valence-electron chi connectivity index (χ4n) is 4.24. The number of nitrogens with zero attached hydrogens (tertiary/aromatic N) is 1. The number of carbonyl (C=O) groups excluding carboxylic acids is 1. The Morgan fingerprint density at radius 3 is 2.45 bits per heavy atom. The Balaban J connectivity index is 1.96. The number of aliphatic carboxylic acids is 1. The zero-order chi connectivity index (χ0) is 22.6. The van der Waals surface area contributed by atoms with Crippen LogP contribution in [0.25, 0.3) is 11.1 Å². The van der Waals surface area contributed by atoms with Crippen LogP contribution in [0.1, 0.15) is 49.4 Å². The maximum Gasteiger partial charge on any atom is 0.329 e. The van der Waals surface area contributed by atoms with Crippen molar-refractivity contribution in [3.05, 3.63) is 58.1 Å². The summed E-state index contributed by atoms with van der Waals surface area (Å²) in [4.78, 5) is 36.2. The van der Waals surface area contributed by atoms with Gasteiger partial charge in [-0.05, 0) is 43.4 Å². The van der Waals surface area contributed by atoms with E-state index in [0.717, 1.165) is 19.3 Å². The zero-order valence-corrected chi connectivity index (χ0v) is 17.6. The van der Waals surface area contributed by atoms with Crippen molar-refractivity contribution in [1.82, 2.24) is 5.32 Å². The molecular formula is C23H26N2O6. The Labute approximate surface area is 180 Å². The molecule has 3 rings (SSSR count). The molecule has 0 saturated heterocycles. The highest BCUT2D eigenvalue weighted by Crippen LogP contribution is 2.35. The summed E-state index contributed by atoms with van der Waals surface area (Å²) in [6.45, 7) is 1.48. The first-order valence-electron chi connectivity index (χ1n) is 10.3. The fraction of sp³-hybridized carbons (Fsp3) is 0.391. The molecule has 164 valence electrons. The van der Waals surface area contributed by atoms with Gasteiger partial charge >= 0.3 is 5.97 Å². The highest BCUT2D eigenvalue weighted by atomic mass is 16.6. The lowest BCUT2D eigenvalue weighted by atomic mass is 9.75. The molecule has 0 unspecified atom stereocenters. The number of hydrogen-bond donors (Lipinski definition) is 2. The highest BCUT2D eigenvalue weighted by Gasteiger charge is 2.43. The second-order valence-electron chi connectivity index (χ2n) is 7.99. The van der Waals surface area contributed by atoms with Crippen molar-refractivity contribution < 1.29 is 24.4 Å².